The third kappa shape index (κ3) is 3.88. The van der Waals surface area contributed by atoms with Gasteiger partial charge in [0.25, 0.3) is 0 Å². The summed E-state index contributed by atoms with van der Waals surface area (Å²) in [4.78, 5) is 0.916. The van der Waals surface area contributed by atoms with Crippen LogP contribution in [0.3, 0.4) is 0 Å². The molecule has 0 spiro atoms. The van der Waals surface area contributed by atoms with Crippen LogP contribution >= 0.6 is 23.1 Å². The fraction of sp³-hybridized carbons (Fsp3) is 0.125. The maximum Gasteiger partial charge on any atom is 0.435 e. The molecule has 0 aliphatic rings. The molecule has 0 unspecified atom stereocenters. The minimum atomic E-state index is -4.53. The predicted molar refractivity (Wildman–Crippen MR) is 92.3 cm³/mol. The van der Waals surface area contributed by atoms with E-state index in [1.807, 2.05) is 28.1 Å². The maximum atomic E-state index is 12.6. The van der Waals surface area contributed by atoms with Gasteiger partial charge in [0.2, 0.25) is 0 Å². The van der Waals surface area contributed by atoms with Gasteiger partial charge >= 0.3 is 6.18 Å². The standard InChI is InChI=1S/C16H10F3N5OS2/c17-16(18,19)12-5-6-13(21-20-12)27-15-23-22-14(11-4-2-8-26-11)24(15)9-10-3-1-7-25-10/h1-8H,9H2. The summed E-state index contributed by atoms with van der Waals surface area (Å²) in [5.74, 6) is 1.34. The average Bonchev–Trinajstić information content (AvgIpc) is 3.38. The Kier molecular flexibility index (Phi) is 4.70. The van der Waals surface area contributed by atoms with Gasteiger partial charge in [-0.2, -0.15) is 13.2 Å². The molecule has 0 saturated carbocycles. The predicted octanol–water partition coefficient (Wildman–Crippen LogP) is 4.61. The molecular weight excluding hydrogens is 399 g/mol. The molecule has 0 fully saturated rings. The summed E-state index contributed by atoms with van der Waals surface area (Å²) < 4.78 is 45.1. The monoisotopic (exact) mass is 409 g/mol. The van der Waals surface area contributed by atoms with E-state index in [-0.39, 0.29) is 5.03 Å². The van der Waals surface area contributed by atoms with Crippen LogP contribution in [-0.4, -0.2) is 25.0 Å². The molecule has 11 heteroatoms. The first-order valence-corrected chi connectivity index (χ1v) is 9.28. The first-order chi connectivity index (χ1) is 13.0. The molecule has 0 aliphatic heterocycles. The van der Waals surface area contributed by atoms with E-state index in [2.05, 4.69) is 20.4 Å². The summed E-state index contributed by atoms with van der Waals surface area (Å²) in [6, 6.07) is 9.57. The zero-order chi connectivity index (χ0) is 18.9. The molecule has 4 rings (SSSR count). The Balaban J connectivity index is 1.66. The second-order valence-electron chi connectivity index (χ2n) is 5.31. The van der Waals surface area contributed by atoms with Crippen molar-refractivity contribution in [3.05, 3.63) is 59.5 Å². The molecule has 0 amide bonds. The van der Waals surface area contributed by atoms with Crippen LogP contribution in [0, 0.1) is 0 Å². The zero-order valence-electron chi connectivity index (χ0n) is 13.4. The van der Waals surface area contributed by atoms with E-state index in [0.29, 0.717) is 23.3 Å². The topological polar surface area (TPSA) is 69.6 Å². The summed E-state index contributed by atoms with van der Waals surface area (Å²) in [6.45, 7) is 0.379. The highest BCUT2D eigenvalue weighted by Gasteiger charge is 2.33. The number of nitrogens with zero attached hydrogens (tertiary/aromatic N) is 5. The normalized spacial score (nSPS) is 11.8. The molecule has 0 N–H and O–H groups in total. The highest BCUT2D eigenvalue weighted by Crippen LogP contribution is 2.32. The molecule has 27 heavy (non-hydrogen) atoms. The van der Waals surface area contributed by atoms with Crippen LogP contribution in [0.25, 0.3) is 10.7 Å². The lowest BCUT2D eigenvalue weighted by Gasteiger charge is -2.08. The Labute approximate surface area is 159 Å². The number of hydrogen-bond acceptors (Lipinski definition) is 7. The Morgan fingerprint density at radius 2 is 1.93 bits per heavy atom. The lowest BCUT2D eigenvalue weighted by atomic mass is 10.4. The molecule has 0 radical (unpaired) electrons. The number of halogens is 3. The van der Waals surface area contributed by atoms with Gasteiger partial charge in [0, 0.05) is 0 Å². The van der Waals surface area contributed by atoms with E-state index in [1.165, 1.54) is 17.4 Å². The number of rotatable bonds is 5. The van der Waals surface area contributed by atoms with Crippen LogP contribution in [0.1, 0.15) is 11.5 Å². The van der Waals surface area contributed by atoms with Gasteiger partial charge in [-0.05, 0) is 47.5 Å². The Morgan fingerprint density at radius 3 is 2.56 bits per heavy atom. The van der Waals surface area contributed by atoms with Crippen LogP contribution < -0.4 is 0 Å². The lowest BCUT2D eigenvalue weighted by molar-refractivity contribution is -0.141. The van der Waals surface area contributed by atoms with Crippen molar-refractivity contribution in [2.24, 2.45) is 0 Å². The second kappa shape index (κ2) is 7.16. The molecule has 138 valence electrons. The first-order valence-electron chi connectivity index (χ1n) is 7.59. The molecule has 0 saturated heterocycles. The van der Waals surface area contributed by atoms with Gasteiger partial charge in [-0.15, -0.1) is 31.7 Å². The van der Waals surface area contributed by atoms with Crippen molar-refractivity contribution in [3.8, 4) is 10.7 Å². The van der Waals surface area contributed by atoms with Gasteiger partial charge in [0.1, 0.15) is 10.8 Å². The van der Waals surface area contributed by atoms with Gasteiger partial charge in [-0.3, -0.25) is 4.57 Å². The van der Waals surface area contributed by atoms with Crippen molar-refractivity contribution in [2.75, 3.05) is 0 Å². The lowest BCUT2D eigenvalue weighted by Crippen LogP contribution is -2.09. The minimum Gasteiger partial charge on any atom is -0.467 e. The minimum absolute atomic E-state index is 0.286. The summed E-state index contributed by atoms with van der Waals surface area (Å²) >= 11 is 2.60. The van der Waals surface area contributed by atoms with Gasteiger partial charge in [-0.1, -0.05) is 6.07 Å². The summed E-state index contributed by atoms with van der Waals surface area (Å²) in [6.07, 6.45) is -2.96. The van der Waals surface area contributed by atoms with E-state index in [0.717, 1.165) is 22.7 Å². The van der Waals surface area contributed by atoms with Gasteiger partial charge in [0.15, 0.2) is 16.7 Å². The number of aromatic nitrogens is 5. The third-order valence-electron chi connectivity index (χ3n) is 3.48. The van der Waals surface area contributed by atoms with Gasteiger partial charge in [0.05, 0.1) is 17.7 Å². The number of alkyl halides is 3. The number of hydrogen-bond donors (Lipinski definition) is 0. The van der Waals surface area contributed by atoms with Crippen molar-refractivity contribution >= 4 is 23.1 Å². The van der Waals surface area contributed by atoms with Gasteiger partial charge < -0.3 is 4.42 Å². The van der Waals surface area contributed by atoms with E-state index >= 15 is 0 Å². The summed E-state index contributed by atoms with van der Waals surface area (Å²) in [5.41, 5.74) is -1.04. The van der Waals surface area contributed by atoms with Crippen molar-refractivity contribution in [1.29, 1.82) is 0 Å². The highest BCUT2D eigenvalue weighted by atomic mass is 32.2. The van der Waals surface area contributed by atoms with Gasteiger partial charge in [-0.25, -0.2) is 0 Å². The van der Waals surface area contributed by atoms with Crippen LogP contribution in [0.4, 0.5) is 13.2 Å². The van der Waals surface area contributed by atoms with Crippen LogP contribution in [0.5, 0.6) is 0 Å². The molecule has 4 aromatic rings. The highest BCUT2D eigenvalue weighted by molar-refractivity contribution is 7.99. The summed E-state index contributed by atoms with van der Waals surface area (Å²) in [5, 5.41) is 18.0. The van der Waals surface area contributed by atoms with E-state index in [1.54, 1.807) is 12.3 Å². The SMILES string of the molecule is FC(F)(F)c1ccc(Sc2nnc(-c3cccs3)n2Cc2ccco2)nn1. The Bertz CT molecular complexity index is 1010. The molecule has 0 atom stereocenters. The molecule has 0 aliphatic carbocycles. The fourth-order valence-corrected chi connectivity index (χ4v) is 3.74. The molecule has 6 nitrogen and oxygen atoms in total. The smallest absolute Gasteiger partial charge is 0.435 e. The van der Waals surface area contributed by atoms with E-state index in [4.69, 9.17) is 4.42 Å². The molecule has 0 aromatic carbocycles. The second-order valence-corrected chi connectivity index (χ2v) is 7.24. The average molecular weight is 409 g/mol. The first kappa shape index (κ1) is 17.7. The van der Waals surface area contributed by atoms with Crippen LogP contribution in [0.15, 0.2) is 62.6 Å². The molecule has 4 aromatic heterocycles. The van der Waals surface area contributed by atoms with Crippen molar-refractivity contribution in [2.45, 2.75) is 22.9 Å². The van der Waals surface area contributed by atoms with Crippen molar-refractivity contribution in [3.63, 3.8) is 0 Å². The molecule has 0 bridgehead atoms. The molecular formula is C16H10F3N5OS2. The largest absolute Gasteiger partial charge is 0.467 e. The van der Waals surface area contributed by atoms with E-state index < -0.39 is 11.9 Å². The maximum absolute atomic E-state index is 12.6. The Hall–Kier alpha value is -2.66. The summed E-state index contributed by atoms with van der Waals surface area (Å²) in [7, 11) is 0. The van der Waals surface area contributed by atoms with E-state index in [9.17, 15) is 13.2 Å². The van der Waals surface area contributed by atoms with Crippen LogP contribution in [0.2, 0.25) is 0 Å². The molecule has 4 heterocycles. The van der Waals surface area contributed by atoms with Crippen molar-refractivity contribution in [1.82, 2.24) is 25.0 Å². The van der Waals surface area contributed by atoms with Crippen LogP contribution in [-0.2, 0) is 12.7 Å². The van der Waals surface area contributed by atoms with Crippen molar-refractivity contribution < 1.29 is 17.6 Å². The quantitative estimate of drug-likeness (QED) is 0.480. The zero-order valence-corrected chi connectivity index (χ0v) is 15.1. The number of furan rings is 1. The third-order valence-corrected chi connectivity index (χ3v) is 5.26. The number of thiophene rings is 1. The Morgan fingerprint density at radius 1 is 1.04 bits per heavy atom. The fourth-order valence-electron chi connectivity index (χ4n) is 2.27.